The van der Waals surface area contributed by atoms with Gasteiger partial charge in [0, 0.05) is 16.3 Å². The molecule has 180 valence electrons. The second-order valence-corrected chi connectivity index (χ2v) is 9.78. The topological polar surface area (TPSA) is 90.3 Å². The van der Waals surface area contributed by atoms with E-state index < -0.39 is 23.3 Å². The molecule has 4 rings (SSSR count). The van der Waals surface area contributed by atoms with Crippen LogP contribution in [0.5, 0.6) is 0 Å². The van der Waals surface area contributed by atoms with Crippen LogP contribution in [0.4, 0.5) is 9.39 Å². The fourth-order valence-corrected chi connectivity index (χ4v) is 4.50. The van der Waals surface area contributed by atoms with E-state index in [0.717, 1.165) is 27.6 Å². The maximum atomic E-state index is 13.9. The number of anilines is 1. The van der Waals surface area contributed by atoms with Gasteiger partial charge < -0.3 is 10.1 Å². The normalized spacial score (nSPS) is 11.5. The van der Waals surface area contributed by atoms with Gasteiger partial charge in [-0.2, -0.15) is 9.78 Å². The minimum atomic E-state index is -0.726. The average Bonchev–Trinajstić information content (AvgIpc) is 3.23. The van der Waals surface area contributed by atoms with Gasteiger partial charge in [0.25, 0.3) is 11.5 Å². The SMILES string of the molecule is CCOC(=O)c1nn(-c2cccc(F)c2)c(=O)c2c(NC(=O)c3ccc(C(C)(C)C)cc3)scc12. The molecular formula is C26H24FN3O4S. The van der Waals surface area contributed by atoms with E-state index in [1.807, 2.05) is 12.1 Å². The van der Waals surface area contributed by atoms with Crippen molar-refractivity contribution in [2.45, 2.75) is 33.1 Å². The summed E-state index contributed by atoms with van der Waals surface area (Å²) >= 11 is 1.10. The molecule has 0 aliphatic rings. The van der Waals surface area contributed by atoms with E-state index >= 15 is 0 Å². The Labute approximate surface area is 205 Å². The van der Waals surface area contributed by atoms with E-state index in [0.29, 0.717) is 5.56 Å². The summed E-state index contributed by atoms with van der Waals surface area (Å²) in [5.74, 6) is -1.69. The maximum absolute atomic E-state index is 13.9. The molecule has 2 heterocycles. The first-order valence-electron chi connectivity index (χ1n) is 11.0. The summed E-state index contributed by atoms with van der Waals surface area (Å²) < 4.78 is 19.9. The largest absolute Gasteiger partial charge is 0.461 e. The summed E-state index contributed by atoms with van der Waals surface area (Å²) in [6, 6.07) is 12.5. The lowest BCUT2D eigenvalue weighted by Gasteiger charge is -2.19. The van der Waals surface area contributed by atoms with Crippen molar-refractivity contribution < 1.29 is 18.7 Å². The van der Waals surface area contributed by atoms with Crippen LogP contribution in [0.3, 0.4) is 0 Å². The number of nitrogens with zero attached hydrogens (tertiary/aromatic N) is 2. The Morgan fingerprint density at radius 1 is 1.14 bits per heavy atom. The van der Waals surface area contributed by atoms with Gasteiger partial charge in [-0.25, -0.2) is 9.18 Å². The zero-order chi connectivity index (χ0) is 25.3. The maximum Gasteiger partial charge on any atom is 0.359 e. The van der Waals surface area contributed by atoms with Gasteiger partial charge in [0.2, 0.25) is 0 Å². The second kappa shape index (κ2) is 9.42. The fourth-order valence-electron chi connectivity index (χ4n) is 3.57. The van der Waals surface area contributed by atoms with Crippen LogP contribution >= 0.6 is 11.3 Å². The van der Waals surface area contributed by atoms with Gasteiger partial charge in [-0.1, -0.05) is 39.0 Å². The molecule has 0 fully saturated rings. The number of amides is 1. The lowest BCUT2D eigenvalue weighted by Crippen LogP contribution is -2.25. The van der Waals surface area contributed by atoms with Gasteiger partial charge in [-0.15, -0.1) is 11.3 Å². The summed E-state index contributed by atoms with van der Waals surface area (Å²) in [5.41, 5.74) is 0.889. The summed E-state index contributed by atoms with van der Waals surface area (Å²) in [7, 11) is 0. The van der Waals surface area contributed by atoms with Crippen LogP contribution in [-0.2, 0) is 10.2 Å². The second-order valence-electron chi connectivity index (χ2n) is 8.90. The van der Waals surface area contributed by atoms with Crippen molar-refractivity contribution in [2.75, 3.05) is 11.9 Å². The zero-order valence-electron chi connectivity index (χ0n) is 19.7. The van der Waals surface area contributed by atoms with Crippen LogP contribution in [0.25, 0.3) is 16.5 Å². The van der Waals surface area contributed by atoms with Gasteiger partial charge in [0.15, 0.2) is 5.69 Å². The Balaban J connectivity index is 1.81. The highest BCUT2D eigenvalue weighted by Gasteiger charge is 2.24. The highest BCUT2D eigenvalue weighted by Crippen LogP contribution is 2.31. The molecule has 2 aromatic heterocycles. The molecule has 2 aromatic carbocycles. The summed E-state index contributed by atoms with van der Waals surface area (Å²) in [5, 5.41) is 9.13. The van der Waals surface area contributed by atoms with E-state index in [-0.39, 0.29) is 39.2 Å². The number of rotatable bonds is 5. The standard InChI is InChI=1S/C26H24FN3O4S/c1-5-34-25(33)21-19-14-35-23(28-22(31)15-9-11-16(12-10-15)26(2,3)4)20(19)24(32)30(29-21)18-8-6-7-17(27)13-18/h6-14H,5H2,1-4H3,(H,28,31). The minimum absolute atomic E-state index is 0.0581. The van der Waals surface area contributed by atoms with Crippen molar-refractivity contribution >= 4 is 39.0 Å². The number of nitrogens with one attached hydrogen (secondary N) is 1. The first-order valence-corrected chi connectivity index (χ1v) is 11.9. The third-order valence-corrected chi connectivity index (χ3v) is 6.31. The zero-order valence-corrected chi connectivity index (χ0v) is 20.5. The molecule has 0 saturated heterocycles. The van der Waals surface area contributed by atoms with Crippen molar-refractivity contribution in [1.82, 2.24) is 9.78 Å². The predicted octanol–water partition coefficient (Wildman–Crippen LogP) is 5.31. The first-order chi connectivity index (χ1) is 16.6. The van der Waals surface area contributed by atoms with E-state index in [1.54, 1.807) is 24.4 Å². The Morgan fingerprint density at radius 2 is 1.86 bits per heavy atom. The number of aromatic nitrogens is 2. The molecule has 0 radical (unpaired) electrons. The van der Waals surface area contributed by atoms with Crippen molar-refractivity contribution in [3.8, 4) is 5.69 Å². The molecule has 0 aliphatic heterocycles. The third-order valence-electron chi connectivity index (χ3n) is 5.41. The van der Waals surface area contributed by atoms with Gasteiger partial charge in [-0.3, -0.25) is 9.59 Å². The van der Waals surface area contributed by atoms with Crippen LogP contribution in [0.2, 0.25) is 0 Å². The van der Waals surface area contributed by atoms with Crippen molar-refractivity contribution in [3.63, 3.8) is 0 Å². The molecule has 0 saturated carbocycles. The van der Waals surface area contributed by atoms with Gasteiger partial charge >= 0.3 is 5.97 Å². The quantitative estimate of drug-likeness (QED) is 0.381. The lowest BCUT2D eigenvalue weighted by atomic mass is 9.87. The summed E-state index contributed by atoms with van der Waals surface area (Å²) in [6.07, 6.45) is 0. The smallest absolute Gasteiger partial charge is 0.359 e. The van der Waals surface area contributed by atoms with Crippen LogP contribution < -0.4 is 10.9 Å². The van der Waals surface area contributed by atoms with E-state index in [1.165, 1.54) is 18.2 Å². The Kier molecular flexibility index (Phi) is 6.53. The number of ether oxygens (including phenoxy) is 1. The number of carbonyl (C=O) groups is 2. The molecule has 7 nitrogen and oxygen atoms in total. The molecule has 1 amide bonds. The first kappa shape index (κ1) is 24.3. The lowest BCUT2D eigenvalue weighted by molar-refractivity contribution is 0.0520. The summed E-state index contributed by atoms with van der Waals surface area (Å²) in [6.45, 7) is 8.01. The molecule has 0 atom stereocenters. The highest BCUT2D eigenvalue weighted by atomic mass is 32.1. The van der Waals surface area contributed by atoms with Gasteiger partial charge in [0.05, 0.1) is 17.7 Å². The van der Waals surface area contributed by atoms with Crippen LogP contribution in [0.1, 0.15) is 54.1 Å². The molecule has 0 spiro atoms. The van der Waals surface area contributed by atoms with Crippen molar-refractivity contribution in [1.29, 1.82) is 0 Å². The Hall–Kier alpha value is -3.85. The third kappa shape index (κ3) is 4.85. The summed E-state index contributed by atoms with van der Waals surface area (Å²) in [4.78, 5) is 39.0. The molecular weight excluding hydrogens is 469 g/mol. The fraction of sp³-hybridized carbons (Fsp3) is 0.231. The molecule has 1 N–H and O–H groups in total. The molecule has 35 heavy (non-hydrogen) atoms. The number of fused-ring (bicyclic) bond motifs is 1. The van der Waals surface area contributed by atoms with Gasteiger partial charge in [-0.05, 0) is 48.2 Å². The number of thiophene rings is 1. The van der Waals surface area contributed by atoms with Crippen LogP contribution in [0.15, 0.2) is 58.7 Å². The predicted molar refractivity (Wildman–Crippen MR) is 134 cm³/mol. The number of hydrogen-bond acceptors (Lipinski definition) is 6. The van der Waals surface area contributed by atoms with Gasteiger partial charge in [0.1, 0.15) is 10.8 Å². The number of esters is 1. The number of hydrogen-bond donors (Lipinski definition) is 1. The van der Waals surface area contributed by atoms with E-state index in [4.69, 9.17) is 4.74 Å². The van der Waals surface area contributed by atoms with Crippen LogP contribution in [0, 0.1) is 5.82 Å². The monoisotopic (exact) mass is 493 g/mol. The molecule has 0 aliphatic carbocycles. The molecule has 4 aromatic rings. The number of benzene rings is 2. The van der Waals surface area contributed by atoms with E-state index in [2.05, 4.69) is 31.2 Å². The molecule has 0 unspecified atom stereocenters. The molecule has 0 bridgehead atoms. The van der Waals surface area contributed by atoms with Crippen molar-refractivity contribution in [2.24, 2.45) is 0 Å². The van der Waals surface area contributed by atoms with Crippen molar-refractivity contribution in [3.05, 3.63) is 86.9 Å². The Morgan fingerprint density at radius 3 is 2.49 bits per heavy atom. The Bertz CT molecular complexity index is 1480. The molecule has 9 heteroatoms. The number of halogens is 1. The average molecular weight is 494 g/mol. The minimum Gasteiger partial charge on any atom is -0.461 e. The highest BCUT2D eigenvalue weighted by molar-refractivity contribution is 7.16. The van der Waals surface area contributed by atoms with E-state index in [9.17, 15) is 18.8 Å². The van der Waals surface area contributed by atoms with Crippen LogP contribution in [-0.4, -0.2) is 28.3 Å². The number of carbonyl (C=O) groups excluding carboxylic acids is 2.